The molecule has 0 spiro atoms. The van der Waals surface area contributed by atoms with Crippen LogP contribution in [0.1, 0.15) is 26.7 Å². The van der Waals surface area contributed by atoms with E-state index >= 15 is 0 Å². The Morgan fingerprint density at radius 3 is 2.62 bits per heavy atom. The Bertz CT molecular complexity index is 371. The van der Waals surface area contributed by atoms with Crippen molar-refractivity contribution in [1.29, 1.82) is 0 Å². The smallest absolute Gasteiger partial charge is 0.326 e. The van der Waals surface area contributed by atoms with Gasteiger partial charge in [0.2, 0.25) is 11.8 Å². The van der Waals surface area contributed by atoms with Crippen molar-refractivity contribution < 1.29 is 19.5 Å². The van der Waals surface area contributed by atoms with E-state index in [-0.39, 0.29) is 11.8 Å². The Hall–Kier alpha value is -1.59. The monoisotopic (exact) mass is 226 g/mol. The molecule has 2 unspecified atom stereocenters. The van der Waals surface area contributed by atoms with Crippen LogP contribution in [0.4, 0.5) is 0 Å². The first kappa shape index (κ1) is 10.9. The van der Waals surface area contributed by atoms with Crippen molar-refractivity contribution in [1.82, 2.24) is 10.2 Å². The van der Waals surface area contributed by atoms with Gasteiger partial charge in [0.15, 0.2) is 0 Å². The number of carbonyl (C=O) groups excluding carboxylic acids is 2. The topological polar surface area (TPSA) is 86.7 Å². The molecule has 0 radical (unpaired) electrons. The van der Waals surface area contributed by atoms with Gasteiger partial charge < -0.3 is 15.3 Å². The molecule has 0 aromatic rings. The number of hydrogen-bond acceptors (Lipinski definition) is 3. The molecular weight excluding hydrogens is 212 g/mol. The number of rotatable bonds is 1. The van der Waals surface area contributed by atoms with Gasteiger partial charge in [0, 0.05) is 0 Å². The van der Waals surface area contributed by atoms with Crippen LogP contribution in [0, 0.1) is 0 Å². The summed E-state index contributed by atoms with van der Waals surface area (Å²) in [7, 11) is 0. The van der Waals surface area contributed by atoms with Gasteiger partial charge in [0.25, 0.3) is 0 Å². The third-order valence-electron chi connectivity index (χ3n) is 3.18. The fourth-order valence-corrected chi connectivity index (χ4v) is 2.36. The van der Waals surface area contributed by atoms with Crippen LogP contribution in [0.5, 0.6) is 0 Å². The number of piperazine rings is 1. The van der Waals surface area contributed by atoms with Gasteiger partial charge in [-0.05, 0) is 26.7 Å². The zero-order valence-corrected chi connectivity index (χ0v) is 9.19. The normalized spacial score (nSPS) is 32.2. The summed E-state index contributed by atoms with van der Waals surface area (Å²) >= 11 is 0. The van der Waals surface area contributed by atoms with Crippen molar-refractivity contribution in [3.05, 3.63) is 0 Å². The maximum atomic E-state index is 12.0. The highest BCUT2D eigenvalue weighted by Gasteiger charge is 2.52. The lowest BCUT2D eigenvalue weighted by atomic mass is 9.97. The summed E-state index contributed by atoms with van der Waals surface area (Å²) in [5.41, 5.74) is -1.01. The molecule has 16 heavy (non-hydrogen) atoms. The summed E-state index contributed by atoms with van der Waals surface area (Å²) in [6.07, 6.45) is 0.764. The van der Waals surface area contributed by atoms with E-state index in [1.165, 1.54) is 4.90 Å². The van der Waals surface area contributed by atoms with E-state index in [0.29, 0.717) is 12.8 Å². The van der Waals surface area contributed by atoms with E-state index in [1.54, 1.807) is 13.8 Å². The molecule has 2 rings (SSSR count). The van der Waals surface area contributed by atoms with Crippen LogP contribution in [0.15, 0.2) is 0 Å². The number of nitrogens with one attached hydrogen (secondary N) is 1. The van der Waals surface area contributed by atoms with Crippen molar-refractivity contribution in [2.75, 3.05) is 0 Å². The average Bonchev–Trinajstić information content (AvgIpc) is 2.58. The number of aliphatic carboxylic acids is 1. The minimum Gasteiger partial charge on any atom is -0.480 e. The summed E-state index contributed by atoms with van der Waals surface area (Å²) in [5, 5.41) is 11.6. The molecule has 2 saturated heterocycles. The molecule has 6 heteroatoms. The van der Waals surface area contributed by atoms with Crippen molar-refractivity contribution in [2.24, 2.45) is 0 Å². The van der Waals surface area contributed by atoms with E-state index in [4.69, 9.17) is 5.11 Å². The number of carboxylic acids is 1. The highest BCUT2D eigenvalue weighted by Crippen LogP contribution is 2.30. The van der Waals surface area contributed by atoms with E-state index in [0.717, 1.165) is 0 Å². The summed E-state index contributed by atoms with van der Waals surface area (Å²) in [6, 6.07) is -1.47. The van der Waals surface area contributed by atoms with Gasteiger partial charge in [-0.15, -0.1) is 0 Å². The van der Waals surface area contributed by atoms with E-state index < -0.39 is 23.6 Å². The molecule has 0 bridgehead atoms. The second kappa shape index (κ2) is 3.20. The molecule has 6 nitrogen and oxygen atoms in total. The Kier molecular flexibility index (Phi) is 2.18. The van der Waals surface area contributed by atoms with Gasteiger partial charge in [-0.1, -0.05) is 0 Å². The summed E-state index contributed by atoms with van der Waals surface area (Å²) in [6.45, 7) is 3.17. The summed E-state index contributed by atoms with van der Waals surface area (Å²) in [4.78, 5) is 36.0. The molecule has 88 valence electrons. The Labute approximate surface area is 92.6 Å². The number of carboxylic acid groups (broad SMARTS) is 1. The lowest BCUT2D eigenvalue weighted by Gasteiger charge is -2.40. The van der Waals surface area contributed by atoms with Crippen LogP contribution in [-0.2, 0) is 14.4 Å². The second-order valence-corrected chi connectivity index (χ2v) is 4.77. The third-order valence-corrected chi connectivity index (χ3v) is 3.18. The van der Waals surface area contributed by atoms with Crippen molar-refractivity contribution in [3.8, 4) is 0 Å². The predicted octanol–water partition coefficient (Wildman–Crippen LogP) is -0.661. The molecule has 2 aliphatic heterocycles. The van der Waals surface area contributed by atoms with Crippen molar-refractivity contribution in [2.45, 2.75) is 44.3 Å². The lowest BCUT2D eigenvalue weighted by Crippen LogP contribution is -2.68. The van der Waals surface area contributed by atoms with Crippen LogP contribution >= 0.6 is 0 Å². The second-order valence-electron chi connectivity index (χ2n) is 4.77. The van der Waals surface area contributed by atoms with Crippen molar-refractivity contribution in [3.63, 3.8) is 0 Å². The molecule has 2 atom stereocenters. The molecule has 0 saturated carbocycles. The Balaban J connectivity index is 2.36. The largest absolute Gasteiger partial charge is 0.480 e. The Morgan fingerprint density at radius 1 is 1.44 bits per heavy atom. The molecular formula is C10H14N2O4. The standard InChI is InChI=1S/C10H14N2O4/c1-10(2)9(16)12-5(7(13)11-10)3-4-6(12)8(14)15/h5-6H,3-4H2,1-2H3,(H,11,13)(H,14,15). The van der Waals surface area contributed by atoms with Crippen LogP contribution in [0.3, 0.4) is 0 Å². The van der Waals surface area contributed by atoms with E-state index in [2.05, 4.69) is 5.32 Å². The van der Waals surface area contributed by atoms with Gasteiger partial charge >= 0.3 is 5.97 Å². The maximum absolute atomic E-state index is 12.0. The zero-order valence-electron chi connectivity index (χ0n) is 9.19. The van der Waals surface area contributed by atoms with Gasteiger partial charge in [-0.25, -0.2) is 4.79 Å². The molecule has 2 amide bonds. The SMILES string of the molecule is CC1(C)NC(=O)C2CCC(C(=O)O)N2C1=O. The first-order chi connectivity index (χ1) is 7.34. The highest BCUT2D eigenvalue weighted by molar-refractivity contribution is 6.01. The zero-order chi connectivity index (χ0) is 12.1. The number of fused-ring (bicyclic) bond motifs is 1. The van der Waals surface area contributed by atoms with Crippen LogP contribution < -0.4 is 5.32 Å². The van der Waals surface area contributed by atoms with Gasteiger partial charge in [-0.3, -0.25) is 9.59 Å². The van der Waals surface area contributed by atoms with E-state index in [1.807, 2.05) is 0 Å². The average molecular weight is 226 g/mol. The van der Waals surface area contributed by atoms with Gasteiger partial charge in [-0.2, -0.15) is 0 Å². The summed E-state index contributed by atoms with van der Waals surface area (Å²) in [5.74, 6) is -1.61. The molecule has 0 aliphatic carbocycles. The quantitative estimate of drug-likeness (QED) is 0.621. The predicted molar refractivity (Wildman–Crippen MR) is 53.5 cm³/mol. The number of amides is 2. The minimum atomic E-state index is -1.04. The van der Waals surface area contributed by atoms with Crippen LogP contribution in [0.25, 0.3) is 0 Å². The molecule has 0 aromatic carbocycles. The van der Waals surface area contributed by atoms with Crippen molar-refractivity contribution >= 4 is 17.8 Å². The number of carbonyl (C=O) groups is 3. The first-order valence-electron chi connectivity index (χ1n) is 5.22. The molecule has 2 fully saturated rings. The molecule has 0 aromatic heterocycles. The van der Waals surface area contributed by atoms with Gasteiger partial charge in [0.05, 0.1) is 0 Å². The minimum absolute atomic E-state index is 0.256. The first-order valence-corrected chi connectivity index (χ1v) is 5.22. The maximum Gasteiger partial charge on any atom is 0.326 e. The highest BCUT2D eigenvalue weighted by atomic mass is 16.4. The summed E-state index contributed by atoms with van der Waals surface area (Å²) < 4.78 is 0. The molecule has 2 heterocycles. The van der Waals surface area contributed by atoms with Gasteiger partial charge in [0.1, 0.15) is 17.6 Å². The lowest BCUT2D eigenvalue weighted by molar-refractivity contribution is -0.159. The number of hydrogen-bond donors (Lipinski definition) is 2. The fourth-order valence-electron chi connectivity index (χ4n) is 2.36. The van der Waals surface area contributed by atoms with Crippen LogP contribution in [-0.4, -0.2) is 45.4 Å². The number of nitrogens with zero attached hydrogens (tertiary/aromatic N) is 1. The fraction of sp³-hybridized carbons (Fsp3) is 0.700. The Morgan fingerprint density at radius 2 is 2.06 bits per heavy atom. The third kappa shape index (κ3) is 1.36. The van der Waals surface area contributed by atoms with Crippen LogP contribution in [0.2, 0.25) is 0 Å². The molecule has 2 aliphatic rings. The molecule has 2 N–H and O–H groups in total. The van der Waals surface area contributed by atoms with E-state index in [9.17, 15) is 14.4 Å².